The SMILES string of the molecule is CC(C)(C)OC(=O)N[C@@H]1C[C@H](O)[C@H]1CC(=O)O. The Morgan fingerprint density at radius 1 is 1.41 bits per heavy atom. The number of alkyl carbamates (subject to hydrolysis) is 1. The molecule has 0 radical (unpaired) electrons. The van der Waals surface area contributed by atoms with Crippen LogP contribution in [0.2, 0.25) is 0 Å². The van der Waals surface area contributed by atoms with Gasteiger partial charge in [0.25, 0.3) is 0 Å². The van der Waals surface area contributed by atoms with Gasteiger partial charge in [-0.05, 0) is 27.2 Å². The largest absolute Gasteiger partial charge is 0.481 e. The Hall–Kier alpha value is -1.30. The molecule has 0 saturated heterocycles. The molecule has 1 amide bonds. The van der Waals surface area contributed by atoms with Gasteiger partial charge >= 0.3 is 12.1 Å². The van der Waals surface area contributed by atoms with Crippen molar-refractivity contribution in [1.29, 1.82) is 0 Å². The molecule has 0 unspecified atom stereocenters. The highest BCUT2D eigenvalue weighted by Gasteiger charge is 2.42. The Morgan fingerprint density at radius 2 is 2.00 bits per heavy atom. The summed E-state index contributed by atoms with van der Waals surface area (Å²) in [5, 5.41) is 20.6. The summed E-state index contributed by atoms with van der Waals surface area (Å²) in [6, 6.07) is -0.323. The fourth-order valence-electron chi connectivity index (χ4n) is 1.79. The van der Waals surface area contributed by atoms with E-state index in [9.17, 15) is 14.7 Å². The Labute approximate surface area is 100.0 Å². The van der Waals surface area contributed by atoms with Gasteiger partial charge in [0, 0.05) is 12.0 Å². The second-order valence-electron chi connectivity index (χ2n) is 5.32. The van der Waals surface area contributed by atoms with Crippen LogP contribution in [0.5, 0.6) is 0 Å². The maximum Gasteiger partial charge on any atom is 0.407 e. The molecule has 1 saturated carbocycles. The van der Waals surface area contributed by atoms with Crippen molar-refractivity contribution in [2.75, 3.05) is 0 Å². The molecule has 0 aliphatic heterocycles. The van der Waals surface area contributed by atoms with Gasteiger partial charge in [0.1, 0.15) is 5.60 Å². The molecule has 0 heterocycles. The summed E-state index contributed by atoms with van der Waals surface area (Å²) in [5.74, 6) is -1.41. The monoisotopic (exact) mass is 245 g/mol. The number of carbonyl (C=O) groups excluding carboxylic acids is 1. The molecule has 6 heteroatoms. The van der Waals surface area contributed by atoms with Crippen LogP contribution in [-0.2, 0) is 9.53 Å². The number of aliphatic hydroxyl groups excluding tert-OH is 1. The van der Waals surface area contributed by atoms with Crippen molar-refractivity contribution in [3.8, 4) is 0 Å². The average Bonchev–Trinajstić information content (AvgIpc) is 2.10. The third kappa shape index (κ3) is 4.22. The van der Waals surface area contributed by atoms with Crippen LogP contribution in [0, 0.1) is 5.92 Å². The summed E-state index contributed by atoms with van der Waals surface area (Å²) in [4.78, 5) is 22.0. The van der Waals surface area contributed by atoms with Crippen molar-refractivity contribution in [1.82, 2.24) is 5.32 Å². The summed E-state index contributed by atoms with van der Waals surface area (Å²) in [7, 11) is 0. The Balaban J connectivity index is 2.42. The summed E-state index contributed by atoms with van der Waals surface area (Å²) in [6.07, 6.45) is -1.02. The smallest absolute Gasteiger partial charge is 0.407 e. The first kappa shape index (κ1) is 13.8. The number of hydrogen-bond acceptors (Lipinski definition) is 4. The van der Waals surface area contributed by atoms with E-state index >= 15 is 0 Å². The van der Waals surface area contributed by atoms with Crippen LogP contribution in [0.1, 0.15) is 33.6 Å². The lowest BCUT2D eigenvalue weighted by atomic mass is 9.74. The predicted octanol–water partition coefficient (Wildman–Crippen LogP) is 0.735. The van der Waals surface area contributed by atoms with Crippen LogP contribution in [0.4, 0.5) is 4.79 Å². The number of amides is 1. The minimum atomic E-state index is -0.982. The number of carbonyl (C=O) groups is 2. The second-order valence-corrected chi connectivity index (χ2v) is 5.32. The average molecular weight is 245 g/mol. The molecule has 1 fully saturated rings. The first-order chi connectivity index (χ1) is 7.69. The molecule has 1 rings (SSSR count). The molecular weight excluding hydrogens is 226 g/mol. The van der Waals surface area contributed by atoms with Crippen LogP contribution in [-0.4, -0.2) is 40.0 Å². The van der Waals surface area contributed by atoms with Crippen molar-refractivity contribution < 1.29 is 24.5 Å². The van der Waals surface area contributed by atoms with Gasteiger partial charge < -0.3 is 20.3 Å². The number of aliphatic hydroxyl groups is 1. The molecule has 98 valence electrons. The quantitative estimate of drug-likeness (QED) is 0.681. The normalized spacial score (nSPS) is 28.1. The predicted molar refractivity (Wildman–Crippen MR) is 59.5 cm³/mol. The van der Waals surface area contributed by atoms with E-state index in [1.165, 1.54) is 0 Å². The van der Waals surface area contributed by atoms with Gasteiger partial charge in [0.05, 0.1) is 12.5 Å². The van der Waals surface area contributed by atoms with Gasteiger partial charge in [-0.2, -0.15) is 0 Å². The standard InChI is InChI=1S/C11H19NO5/c1-11(2,3)17-10(16)12-7-5-8(13)6(7)4-9(14)15/h6-8,13H,4-5H2,1-3H3,(H,12,16)(H,14,15)/t6-,7+,8-/m0/s1. The van der Waals surface area contributed by atoms with Gasteiger partial charge in [-0.1, -0.05) is 0 Å². The molecule has 17 heavy (non-hydrogen) atoms. The van der Waals surface area contributed by atoms with E-state index in [1.807, 2.05) is 0 Å². The van der Waals surface area contributed by atoms with Crippen molar-refractivity contribution in [3.63, 3.8) is 0 Å². The van der Waals surface area contributed by atoms with Gasteiger partial charge in [0.2, 0.25) is 0 Å². The van der Waals surface area contributed by atoms with Crippen LogP contribution >= 0.6 is 0 Å². The fourth-order valence-corrected chi connectivity index (χ4v) is 1.79. The minimum absolute atomic E-state index is 0.151. The summed E-state index contributed by atoms with van der Waals surface area (Å²) in [6.45, 7) is 5.24. The number of rotatable bonds is 3. The van der Waals surface area contributed by atoms with Crippen LogP contribution in [0.25, 0.3) is 0 Å². The third-order valence-corrected chi connectivity index (χ3v) is 2.62. The van der Waals surface area contributed by atoms with E-state index in [2.05, 4.69) is 5.32 Å². The van der Waals surface area contributed by atoms with Crippen LogP contribution < -0.4 is 5.32 Å². The van der Waals surface area contributed by atoms with E-state index in [0.29, 0.717) is 6.42 Å². The van der Waals surface area contributed by atoms with Crippen LogP contribution in [0.15, 0.2) is 0 Å². The van der Waals surface area contributed by atoms with Gasteiger partial charge in [-0.25, -0.2) is 4.79 Å². The maximum absolute atomic E-state index is 11.4. The van der Waals surface area contributed by atoms with E-state index < -0.39 is 29.7 Å². The zero-order chi connectivity index (χ0) is 13.2. The lowest BCUT2D eigenvalue weighted by Gasteiger charge is -2.41. The Bertz CT molecular complexity index is 309. The molecule has 1 aliphatic carbocycles. The van der Waals surface area contributed by atoms with Crippen molar-refractivity contribution in [2.24, 2.45) is 5.92 Å². The highest BCUT2D eigenvalue weighted by molar-refractivity contribution is 5.70. The maximum atomic E-state index is 11.4. The van der Waals surface area contributed by atoms with Crippen molar-refractivity contribution >= 4 is 12.1 Å². The molecule has 0 spiro atoms. The topological polar surface area (TPSA) is 95.9 Å². The summed E-state index contributed by atoms with van der Waals surface area (Å²) in [5.41, 5.74) is -0.589. The van der Waals surface area contributed by atoms with Crippen LogP contribution in [0.3, 0.4) is 0 Å². The highest BCUT2D eigenvalue weighted by Crippen LogP contribution is 2.31. The molecule has 3 N–H and O–H groups in total. The van der Waals surface area contributed by atoms with Gasteiger partial charge in [-0.3, -0.25) is 4.79 Å². The molecule has 0 bridgehead atoms. The second kappa shape index (κ2) is 4.91. The van der Waals surface area contributed by atoms with Crippen molar-refractivity contribution in [2.45, 2.75) is 51.4 Å². The lowest BCUT2D eigenvalue weighted by molar-refractivity contribution is -0.142. The number of nitrogens with one attached hydrogen (secondary N) is 1. The minimum Gasteiger partial charge on any atom is -0.481 e. The van der Waals surface area contributed by atoms with E-state index in [1.54, 1.807) is 20.8 Å². The molecule has 0 aromatic rings. The molecular formula is C11H19NO5. The van der Waals surface area contributed by atoms with E-state index in [0.717, 1.165) is 0 Å². The zero-order valence-corrected chi connectivity index (χ0v) is 10.3. The molecule has 0 aromatic carbocycles. The Morgan fingerprint density at radius 3 is 2.41 bits per heavy atom. The number of hydrogen-bond donors (Lipinski definition) is 3. The number of aliphatic carboxylic acids is 1. The number of carboxylic acids is 1. The van der Waals surface area contributed by atoms with E-state index in [4.69, 9.17) is 9.84 Å². The lowest BCUT2D eigenvalue weighted by Crippen LogP contribution is -2.56. The molecule has 1 aliphatic rings. The fraction of sp³-hybridized carbons (Fsp3) is 0.818. The molecule has 0 aromatic heterocycles. The molecule has 6 nitrogen and oxygen atoms in total. The third-order valence-electron chi connectivity index (χ3n) is 2.62. The summed E-state index contributed by atoms with van der Waals surface area (Å²) >= 11 is 0. The van der Waals surface area contributed by atoms with Gasteiger partial charge in [0.15, 0.2) is 0 Å². The summed E-state index contributed by atoms with van der Waals surface area (Å²) < 4.78 is 5.05. The zero-order valence-electron chi connectivity index (χ0n) is 10.3. The van der Waals surface area contributed by atoms with Crippen molar-refractivity contribution in [3.05, 3.63) is 0 Å². The Kier molecular flexibility index (Phi) is 3.98. The first-order valence-electron chi connectivity index (χ1n) is 5.58. The van der Waals surface area contributed by atoms with E-state index in [-0.39, 0.29) is 12.5 Å². The number of ether oxygens (including phenoxy) is 1. The first-order valence-corrected chi connectivity index (χ1v) is 5.58. The number of carboxylic acid groups (broad SMARTS) is 1. The van der Waals surface area contributed by atoms with Gasteiger partial charge in [-0.15, -0.1) is 0 Å². The molecule has 3 atom stereocenters. The highest BCUT2D eigenvalue weighted by atomic mass is 16.6.